The maximum Gasteiger partial charge on any atom is 0.207 e. The normalized spacial score (nSPS) is 16.5. The largest absolute Gasteiger partial charge is 0.323 e. The molecule has 100 valence electrons. The Hall–Kier alpha value is -1.84. The van der Waals surface area contributed by atoms with Crippen molar-refractivity contribution in [1.29, 1.82) is 0 Å². The third kappa shape index (κ3) is 2.62. The molecule has 3 nitrogen and oxygen atoms in total. The second kappa shape index (κ2) is 5.43. The van der Waals surface area contributed by atoms with Gasteiger partial charge in [-0.1, -0.05) is 31.4 Å². The summed E-state index contributed by atoms with van der Waals surface area (Å²) in [5, 5.41) is 3.09. The number of anilines is 2. The van der Waals surface area contributed by atoms with Gasteiger partial charge in [0.1, 0.15) is 5.82 Å². The Labute approximate surface area is 112 Å². The van der Waals surface area contributed by atoms with E-state index in [4.69, 9.17) is 0 Å². The summed E-state index contributed by atoms with van der Waals surface area (Å²) in [6.45, 7) is 0. The number of nitrogens with zero attached hydrogens (tertiary/aromatic N) is 2. The van der Waals surface area contributed by atoms with E-state index >= 15 is 0 Å². The second-order valence-corrected chi connectivity index (χ2v) is 5.05. The van der Waals surface area contributed by atoms with Crippen molar-refractivity contribution in [2.75, 3.05) is 5.32 Å². The number of benzene rings is 1. The predicted octanol–water partition coefficient (Wildman–Crippen LogP) is 4.27. The molecule has 1 heterocycles. The Bertz CT molecular complexity index is 544. The van der Waals surface area contributed by atoms with E-state index in [-0.39, 0.29) is 5.82 Å². The average molecular weight is 259 g/mol. The Morgan fingerprint density at radius 1 is 1.16 bits per heavy atom. The summed E-state index contributed by atoms with van der Waals surface area (Å²) >= 11 is 0. The minimum atomic E-state index is -0.249. The van der Waals surface area contributed by atoms with Crippen LogP contribution in [-0.2, 0) is 0 Å². The Kier molecular flexibility index (Phi) is 3.49. The minimum absolute atomic E-state index is 0.249. The summed E-state index contributed by atoms with van der Waals surface area (Å²) in [7, 11) is 0. The fourth-order valence-electron chi connectivity index (χ4n) is 2.75. The molecule has 0 amide bonds. The quantitative estimate of drug-likeness (QED) is 0.892. The van der Waals surface area contributed by atoms with Crippen molar-refractivity contribution in [3.63, 3.8) is 0 Å². The molecule has 0 aliphatic heterocycles. The number of hydrogen-bond acceptors (Lipinski definition) is 2. The van der Waals surface area contributed by atoms with Crippen molar-refractivity contribution < 1.29 is 4.39 Å². The lowest BCUT2D eigenvalue weighted by Crippen LogP contribution is -2.14. The van der Waals surface area contributed by atoms with Crippen LogP contribution in [0.2, 0.25) is 0 Å². The molecule has 3 rings (SSSR count). The van der Waals surface area contributed by atoms with Crippen LogP contribution in [0.4, 0.5) is 16.0 Å². The number of hydrogen-bond donors (Lipinski definition) is 1. The van der Waals surface area contributed by atoms with E-state index in [0.29, 0.717) is 11.7 Å². The molecule has 19 heavy (non-hydrogen) atoms. The van der Waals surface area contributed by atoms with E-state index in [1.807, 2.05) is 12.3 Å². The first-order valence-electron chi connectivity index (χ1n) is 6.89. The predicted molar refractivity (Wildman–Crippen MR) is 74.0 cm³/mol. The van der Waals surface area contributed by atoms with Crippen molar-refractivity contribution in [3.8, 4) is 0 Å². The number of halogens is 1. The lowest BCUT2D eigenvalue weighted by molar-refractivity contribution is 0.356. The molecular weight excluding hydrogens is 241 g/mol. The number of nitrogens with one attached hydrogen (secondary N) is 1. The third-order valence-electron chi connectivity index (χ3n) is 3.76. The van der Waals surface area contributed by atoms with Gasteiger partial charge in [0.05, 0.1) is 5.69 Å². The summed E-state index contributed by atoms with van der Waals surface area (Å²) in [5.74, 6) is 0.484. The van der Waals surface area contributed by atoms with E-state index in [9.17, 15) is 4.39 Å². The molecule has 0 unspecified atom stereocenters. The lowest BCUT2D eigenvalue weighted by Gasteiger charge is -2.24. The molecule has 1 saturated carbocycles. The Morgan fingerprint density at radius 3 is 2.74 bits per heavy atom. The van der Waals surface area contributed by atoms with Crippen molar-refractivity contribution in [2.45, 2.75) is 38.1 Å². The van der Waals surface area contributed by atoms with Gasteiger partial charge >= 0.3 is 0 Å². The van der Waals surface area contributed by atoms with Crippen LogP contribution in [0, 0.1) is 5.82 Å². The molecule has 1 N–H and O–H groups in total. The molecule has 1 fully saturated rings. The van der Waals surface area contributed by atoms with Gasteiger partial charge in [-0.2, -0.15) is 0 Å². The van der Waals surface area contributed by atoms with Gasteiger partial charge < -0.3 is 9.88 Å². The highest BCUT2D eigenvalue weighted by atomic mass is 19.1. The third-order valence-corrected chi connectivity index (χ3v) is 3.76. The first-order chi connectivity index (χ1) is 9.34. The van der Waals surface area contributed by atoms with Crippen molar-refractivity contribution in [1.82, 2.24) is 9.55 Å². The fraction of sp³-hybridized carbons (Fsp3) is 0.400. The van der Waals surface area contributed by atoms with Crippen LogP contribution in [0.3, 0.4) is 0 Å². The highest BCUT2D eigenvalue weighted by Gasteiger charge is 2.18. The van der Waals surface area contributed by atoms with Crippen LogP contribution in [0.5, 0.6) is 0 Å². The van der Waals surface area contributed by atoms with Gasteiger partial charge in [-0.05, 0) is 25.0 Å². The fourth-order valence-corrected chi connectivity index (χ4v) is 2.75. The van der Waals surface area contributed by atoms with E-state index in [1.165, 1.54) is 38.2 Å². The zero-order valence-electron chi connectivity index (χ0n) is 10.8. The summed E-state index contributed by atoms with van der Waals surface area (Å²) in [4.78, 5) is 4.31. The van der Waals surface area contributed by atoms with E-state index in [0.717, 1.165) is 5.95 Å². The van der Waals surface area contributed by atoms with Gasteiger partial charge in [-0.3, -0.25) is 0 Å². The molecule has 2 aromatic rings. The number of para-hydroxylation sites is 1. The van der Waals surface area contributed by atoms with Crippen LogP contribution in [-0.4, -0.2) is 9.55 Å². The van der Waals surface area contributed by atoms with Gasteiger partial charge in [0.2, 0.25) is 5.95 Å². The number of imidazole rings is 1. The summed E-state index contributed by atoms with van der Waals surface area (Å²) in [5.41, 5.74) is 0.478. The molecule has 0 bridgehead atoms. The van der Waals surface area contributed by atoms with Crippen LogP contribution in [0.1, 0.15) is 38.1 Å². The maximum atomic E-state index is 13.7. The van der Waals surface area contributed by atoms with Gasteiger partial charge in [0, 0.05) is 18.4 Å². The van der Waals surface area contributed by atoms with Gasteiger partial charge in [-0.25, -0.2) is 9.37 Å². The molecule has 0 atom stereocenters. The van der Waals surface area contributed by atoms with Crippen LogP contribution >= 0.6 is 0 Å². The second-order valence-electron chi connectivity index (χ2n) is 5.05. The monoisotopic (exact) mass is 259 g/mol. The average Bonchev–Trinajstić information content (AvgIpc) is 2.91. The summed E-state index contributed by atoms with van der Waals surface area (Å²) in [6, 6.07) is 7.18. The highest BCUT2D eigenvalue weighted by molar-refractivity contribution is 5.54. The van der Waals surface area contributed by atoms with E-state index < -0.39 is 0 Å². The first-order valence-corrected chi connectivity index (χ1v) is 6.89. The van der Waals surface area contributed by atoms with Crippen LogP contribution in [0.15, 0.2) is 36.7 Å². The van der Waals surface area contributed by atoms with Crippen molar-refractivity contribution in [3.05, 3.63) is 42.5 Å². The van der Waals surface area contributed by atoms with Gasteiger partial charge in [0.25, 0.3) is 0 Å². The molecule has 0 saturated heterocycles. The SMILES string of the molecule is Fc1ccccc1Nc1nccn1C1CCCCC1. The first kappa shape index (κ1) is 12.2. The molecule has 1 aliphatic rings. The molecular formula is C15H18FN3. The summed E-state index contributed by atoms with van der Waals surface area (Å²) < 4.78 is 15.8. The van der Waals surface area contributed by atoms with Gasteiger partial charge in [0.15, 0.2) is 0 Å². The molecule has 4 heteroatoms. The smallest absolute Gasteiger partial charge is 0.207 e. The number of rotatable bonds is 3. The van der Waals surface area contributed by atoms with Crippen LogP contribution in [0.25, 0.3) is 0 Å². The zero-order chi connectivity index (χ0) is 13.1. The van der Waals surface area contributed by atoms with Crippen molar-refractivity contribution in [2.24, 2.45) is 0 Å². The van der Waals surface area contributed by atoms with Crippen molar-refractivity contribution >= 4 is 11.6 Å². The molecule has 0 spiro atoms. The standard InChI is InChI=1S/C15H18FN3/c16-13-8-4-5-9-14(13)18-15-17-10-11-19(15)12-6-2-1-3-7-12/h4-5,8-12H,1-3,6-7H2,(H,17,18). The van der Waals surface area contributed by atoms with E-state index in [1.54, 1.807) is 18.3 Å². The minimum Gasteiger partial charge on any atom is -0.323 e. The van der Waals surface area contributed by atoms with Gasteiger partial charge in [-0.15, -0.1) is 0 Å². The zero-order valence-corrected chi connectivity index (χ0v) is 10.8. The molecule has 1 aromatic carbocycles. The lowest BCUT2D eigenvalue weighted by atomic mass is 9.95. The van der Waals surface area contributed by atoms with E-state index in [2.05, 4.69) is 14.9 Å². The molecule has 1 aliphatic carbocycles. The Balaban J connectivity index is 1.82. The Morgan fingerprint density at radius 2 is 1.95 bits per heavy atom. The molecule has 0 radical (unpaired) electrons. The maximum absolute atomic E-state index is 13.7. The van der Waals surface area contributed by atoms with Crippen LogP contribution < -0.4 is 5.32 Å². The highest BCUT2D eigenvalue weighted by Crippen LogP contribution is 2.31. The number of aromatic nitrogens is 2. The topological polar surface area (TPSA) is 29.9 Å². The molecule has 1 aromatic heterocycles. The summed E-state index contributed by atoms with van der Waals surface area (Å²) in [6.07, 6.45) is 9.98.